The van der Waals surface area contributed by atoms with Crippen LogP contribution >= 0.6 is 15.9 Å². The number of hydrogen-bond donors (Lipinski definition) is 1. The van der Waals surface area contributed by atoms with Gasteiger partial charge in [-0.2, -0.15) is 5.10 Å². The standard InChI is InChI=1S/C20H18BrN3O/c1-13-7-2-5-11-17(13)24-18-12-6-8-14(18)19(23-24)20(25)22-16-10-4-3-9-15(16)21/h2-5,7,9-11H,6,8,12H2,1H3,(H,22,25). The second-order valence-electron chi connectivity index (χ2n) is 6.26. The molecular formula is C20H18BrN3O. The van der Waals surface area contributed by atoms with Gasteiger partial charge in [0, 0.05) is 15.7 Å². The van der Waals surface area contributed by atoms with Crippen molar-refractivity contribution in [2.24, 2.45) is 0 Å². The van der Waals surface area contributed by atoms with Crippen molar-refractivity contribution in [3.05, 3.63) is 75.5 Å². The zero-order chi connectivity index (χ0) is 17.4. The third kappa shape index (κ3) is 2.89. The molecule has 0 atom stereocenters. The predicted molar refractivity (Wildman–Crippen MR) is 102 cm³/mol. The van der Waals surface area contributed by atoms with Crippen LogP contribution in [-0.4, -0.2) is 15.7 Å². The van der Waals surface area contributed by atoms with Gasteiger partial charge in [0.1, 0.15) is 0 Å². The normalized spacial score (nSPS) is 12.9. The smallest absolute Gasteiger partial charge is 0.276 e. The highest BCUT2D eigenvalue weighted by molar-refractivity contribution is 9.10. The number of benzene rings is 2. The zero-order valence-corrected chi connectivity index (χ0v) is 15.5. The van der Waals surface area contributed by atoms with Crippen molar-refractivity contribution in [3.63, 3.8) is 0 Å². The fraction of sp³-hybridized carbons (Fsp3) is 0.200. The van der Waals surface area contributed by atoms with Crippen LogP contribution in [0.25, 0.3) is 5.69 Å². The lowest BCUT2D eigenvalue weighted by molar-refractivity contribution is 0.102. The Morgan fingerprint density at radius 1 is 1.12 bits per heavy atom. The quantitative estimate of drug-likeness (QED) is 0.699. The molecule has 1 heterocycles. The number of aryl methyl sites for hydroxylation is 1. The highest BCUT2D eigenvalue weighted by Gasteiger charge is 2.27. The molecule has 0 spiro atoms. The Kier molecular flexibility index (Phi) is 4.17. The SMILES string of the molecule is Cc1ccccc1-n1nc(C(=O)Nc2ccccc2Br)c2c1CCC2. The average molecular weight is 396 g/mol. The maximum absolute atomic E-state index is 12.8. The molecular weight excluding hydrogens is 378 g/mol. The molecule has 0 saturated heterocycles. The van der Waals surface area contributed by atoms with E-state index in [9.17, 15) is 4.79 Å². The summed E-state index contributed by atoms with van der Waals surface area (Å²) in [6, 6.07) is 15.7. The van der Waals surface area contributed by atoms with Crippen LogP contribution in [0.2, 0.25) is 0 Å². The number of anilines is 1. The van der Waals surface area contributed by atoms with Crippen LogP contribution in [-0.2, 0) is 12.8 Å². The number of nitrogens with zero attached hydrogens (tertiary/aromatic N) is 2. The lowest BCUT2D eigenvalue weighted by atomic mass is 10.1. The number of fused-ring (bicyclic) bond motifs is 1. The minimum Gasteiger partial charge on any atom is -0.320 e. The molecule has 4 nitrogen and oxygen atoms in total. The Labute approximate surface area is 155 Å². The van der Waals surface area contributed by atoms with E-state index in [1.54, 1.807) is 0 Å². The monoisotopic (exact) mass is 395 g/mol. The molecule has 1 aliphatic rings. The molecule has 4 rings (SSSR count). The molecule has 2 aromatic carbocycles. The van der Waals surface area contributed by atoms with Crippen molar-refractivity contribution >= 4 is 27.5 Å². The first-order chi connectivity index (χ1) is 12.1. The first-order valence-electron chi connectivity index (χ1n) is 8.38. The van der Waals surface area contributed by atoms with Crippen LogP contribution in [0.1, 0.15) is 33.7 Å². The van der Waals surface area contributed by atoms with Gasteiger partial charge < -0.3 is 5.32 Å². The molecule has 0 bridgehead atoms. The number of carbonyl (C=O) groups is 1. The minimum atomic E-state index is -0.155. The summed E-state index contributed by atoms with van der Waals surface area (Å²) in [4.78, 5) is 12.8. The first-order valence-corrected chi connectivity index (χ1v) is 9.17. The highest BCUT2D eigenvalue weighted by atomic mass is 79.9. The number of hydrogen-bond acceptors (Lipinski definition) is 2. The largest absolute Gasteiger partial charge is 0.320 e. The molecule has 0 saturated carbocycles. The van der Waals surface area contributed by atoms with E-state index in [0.717, 1.165) is 51.9 Å². The van der Waals surface area contributed by atoms with E-state index in [2.05, 4.69) is 45.4 Å². The molecule has 0 radical (unpaired) electrons. The van der Waals surface area contributed by atoms with Crippen LogP contribution in [0.5, 0.6) is 0 Å². The Hall–Kier alpha value is -2.40. The van der Waals surface area contributed by atoms with Gasteiger partial charge in [0.2, 0.25) is 0 Å². The molecule has 1 N–H and O–H groups in total. The number of halogens is 1. The van der Waals surface area contributed by atoms with Gasteiger partial charge in [0.05, 0.1) is 11.4 Å². The summed E-state index contributed by atoms with van der Waals surface area (Å²) >= 11 is 3.47. The number of carbonyl (C=O) groups excluding carboxylic acids is 1. The molecule has 126 valence electrons. The maximum Gasteiger partial charge on any atom is 0.276 e. The Bertz CT molecular complexity index is 961. The summed E-state index contributed by atoms with van der Waals surface area (Å²) in [5.41, 5.74) is 5.72. The summed E-state index contributed by atoms with van der Waals surface area (Å²) in [6.07, 6.45) is 2.92. The zero-order valence-electron chi connectivity index (χ0n) is 13.9. The molecule has 25 heavy (non-hydrogen) atoms. The van der Waals surface area contributed by atoms with Gasteiger partial charge in [0.15, 0.2) is 5.69 Å². The fourth-order valence-electron chi connectivity index (χ4n) is 3.36. The molecule has 5 heteroatoms. The van der Waals surface area contributed by atoms with Gasteiger partial charge in [-0.3, -0.25) is 4.79 Å². The summed E-state index contributed by atoms with van der Waals surface area (Å²) in [5, 5.41) is 7.65. The predicted octanol–water partition coefficient (Wildman–Crippen LogP) is 4.68. The second-order valence-corrected chi connectivity index (χ2v) is 7.11. The summed E-state index contributed by atoms with van der Waals surface area (Å²) < 4.78 is 2.81. The summed E-state index contributed by atoms with van der Waals surface area (Å²) in [6.45, 7) is 2.07. The number of nitrogens with one attached hydrogen (secondary N) is 1. The van der Waals surface area contributed by atoms with Crippen molar-refractivity contribution in [1.29, 1.82) is 0 Å². The number of amides is 1. The summed E-state index contributed by atoms with van der Waals surface area (Å²) in [5.74, 6) is -0.155. The van der Waals surface area contributed by atoms with Gasteiger partial charge >= 0.3 is 0 Å². The van der Waals surface area contributed by atoms with Crippen LogP contribution in [0, 0.1) is 6.92 Å². The number of aromatic nitrogens is 2. The van der Waals surface area contributed by atoms with Crippen LogP contribution in [0.3, 0.4) is 0 Å². The van der Waals surface area contributed by atoms with Crippen molar-refractivity contribution < 1.29 is 4.79 Å². The Balaban J connectivity index is 1.74. The van der Waals surface area contributed by atoms with Crippen molar-refractivity contribution in [3.8, 4) is 5.69 Å². The lowest BCUT2D eigenvalue weighted by Crippen LogP contribution is -2.15. The Morgan fingerprint density at radius 2 is 1.88 bits per heavy atom. The van der Waals surface area contributed by atoms with E-state index < -0.39 is 0 Å². The van der Waals surface area contributed by atoms with Gasteiger partial charge in [-0.05, 0) is 65.9 Å². The van der Waals surface area contributed by atoms with Crippen LogP contribution in [0.15, 0.2) is 53.0 Å². The van der Waals surface area contributed by atoms with E-state index >= 15 is 0 Å². The third-order valence-corrected chi connectivity index (χ3v) is 5.30. The highest BCUT2D eigenvalue weighted by Crippen LogP contribution is 2.30. The van der Waals surface area contributed by atoms with E-state index in [4.69, 9.17) is 0 Å². The van der Waals surface area contributed by atoms with E-state index in [1.807, 2.05) is 41.1 Å². The molecule has 1 aromatic heterocycles. The summed E-state index contributed by atoms with van der Waals surface area (Å²) in [7, 11) is 0. The molecule has 0 aliphatic heterocycles. The van der Waals surface area contributed by atoms with Crippen LogP contribution in [0.4, 0.5) is 5.69 Å². The minimum absolute atomic E-state index is 0.155. The van der Waals surface area contributed by atoms with Gasteiger partial charge in [-0.15, -0.1) is 0 Å². The van der Waals surface area contributed by atoms with Crippen LogP contribution < -0.4 is 5.32 Å². The third-order valence-electron chi connectivity index (χ3n) is 4.61. The molecule has 1 amide bonds. The first kappa shape index (κ1) is 16.1. The number of rotatable bonds is 3. The van der Waals surface area contributed by atoms with E-state index in [1.165, 1.54) is 0 Å². The van der Waals surface area contributed by atoms with Gasteiger partial charge in [-0.1, -0.05) is 30.3 Å². The van der Waals surface area contributed by atoms with Gasteiger partial charge in [-0.25, -0.2) is 4.68 Å². The van der Waals surface area contributed by atoms with E-state index in [-0.39, 0.29) is 5.91 Å². The van der Waals surface area contributed by atoms with Gasteiger partial charge in [0.25, 0.3) is 5.91 Å². The van der Waals surface area contributed by atoms with Crippen molar-refractivity contribution in [2.45, 2.75) is 26.2 Å². The molecule has 0 unspecified atom stereocenters. The molecule has 0 fully saturated rings. The Morgan fingerprint density at radius 3 is 2.68 bits per heavy atom. The van der Waals surface area contributed by atoms with Crippen molar-refractivity contribution in [2.75, 3.05) is 5.32 Å². The van der Waals surface area contributed by atoms with E-state index in [0.29, 0.717) is 5.69 Å². The topological polar surface area (TPSA) is 46.9 Å². The lowest BCUT2D eigenvalue weighted by Gasteiger charge is -2.08. The van der Waals surface area contributed by atoms with Crippen molar-refractivity contribution in [1.82, 2.24) is 9.78 Å². The maximum atomic E-state index is 12.8. The number of para-hydroxylation sites is 2. The molecule has 1 aliphatic carbocycles. The average Bonchev–Trinajstić information content (AvgIpc) is 3.20. The molecule has 3 aromatic rings. The fourth-order valence-corrected chi connectivity index (χ4v) is 3.75. The second kappa shape index (κ2) is 6.48.